The van der Waals surface area contributed by atoms with Gasteiger partial charge < -0.3 is 0 Å². The first-order chi connectivity index (χ1) is 7.69. The van der Waals surface area contributed by atoms with Crippen molar-refractivity contribution in [1.82, 2.24) is 0 Å². The second-order valence-electron chi connectivity index (χ2n) is 3.62. The number of halogens is 1. The highest BCUT2D eigenvalue weighted by molar-refractivity contribution is 5.98. The lowest BCUT2D eigenvalue weighted by Crippen LogP contribution is -2.13. The zero-order chi connectivity index (χ0) is 12.0. The van der Waals surface area contributed by atoms with Gasteiger partial charge in [-0.15, -0.1) is 13.2 Å². The Hall–Kier alpha value is -1.70. The second-order valence-corrected chi connectivity index (χ2v) is 3.62. The Morgan fingerprint density at radius 3 is 2.44 bits per heavy atom. The summed E-state index contributed by atoms with van der Waals surface area (Å²) in [7, 11) is 0. The summed E-state index contributed by atoms with van der Waals surface area (Å²) >= 11 is 0. The van der Waals surface area contributed by atoms with Crippen LogP contribution in [-0.2, 0) is 0 Å². The predicted octanol–water partition coefficient (Wildman–Crippen LogP) is 3.78. The van der Waals surface area contributed by atoms with Gasteiger partial charge in [0.2, 0.25) is 0 Å². The summed E-state index contributed by atoms with van der Waals surface area (Å²) < 4.78 is 13.0. The molecule has 1 nitrogen and oxygen atoms in total. The standard InChI is InChI=1S/C14H15FO/c1-3-6-11(7-4-2)14(16)12-8-5-9-13(15)10-12/h3-5,8-11H,1-2,6-7H2. The monoisotopic (exact) mass is 218 g/mol. The molecule has 16 heavy (non-hydrogen) atoms. The summed E-state index contributed by atoms with van der Waals surface area (Å²) in [5, 5.41) is 0. The maximum atomic E-state index is 13.0. The lowest BCUT2D eigenvalue weighted by Gasteiger charge is -2.11. The molecule has 0 heterocycles. The normalized spacial score (nSPS) is 10.1. The summed E-state index contributed by atoms with van der Waals surface area (Å²) in [6.45, 7) is 7.23. The second kappa shape index (κ2) is 6.01. The lowest BCUT2D eigenvalue weighted by atomic mass is 9.92. The third-order valence-corrected chi connectivity index (χ3v) is 2.38. The lowest BCUT2D eigenvalue weighted by molar-refractivity contribution is 0.0921. The van der Waals surface area contributed by atoms with E-state index in [2.05, 4.69) is 13.2 Å². The largest absolute Gasteiger partial charge is 0.294 e. The first-order valence-electron chi connectivity index (χ1n) is 5.20. The van der Waals surface area contributed by atoms with Crippen LogP contribution in [0.3, 0.4) is 0 Å². The number of hydrogen-bond acceptors (Lipinski definition) is 1. The number of carbonyl (C=O) groups excluding carboxylic acids is 1. The third kappa shape index (κ3) is 3.16. The SMILES string of the molecule is C=CCC(CC=C)C(=O)c1cccc(F)c1. The van der Waals surface area contributed by atoms with E-state index in [1.165, 1.54) is 12.1 Å². The number of allylic oxidation sites excluding steroid dienone is 2. The van der Waals surface area contributed by atoms with E-state index in [4.69, 9.17) is 0 Å². The summed E-state index contributed by atoms with van der Waals surface area (Å²) in [6.07, 6.45) is 4.57. The number of Topliss-reactive ketones (excluding diaryl/α,β-unsaturated/α-hetero) is 1. The molecule has 0 spiro atoms. The molecule has 0 unspecified atom stereocenters. The predicted molar refractivity (Wildman–Crippen MR) is 63.8 cm³/mol. The van der Waals surface area contributed by atoms with Gasteiger partial charge in [0.05, 0.1) is 0 Å². The quantitative estimate of drug-likeness (QED) is 0.524. The highest BCUT2D eigenvalue weighted by atomic mass is 19.1. The van der Waals surface area contributed by atoms with Crippen molar-refractivity contribution in [3.05, 3.63) is 61.0 Å². The minimum Gasteiger partial charge on any atom is -0.294 e. The van der Waals surface area contributed by atoms with E-state index in [0.29, 0.717) is 18.4 Å². The summed E-state index contributed by atoms with van der Waals surface area (Å²) in [5.41, 5.74) is 0.411. The number of hydrogen-bond donors (Lipinski definition) is 0. The van der Waals surface area contributed by atoms with Crippen LogP contribution < -0.4 is 0 Å². The molecule has 1 aromatic carbocycles. The fraction of sp³-hybridized carbons (Fsp3) is 0.214. The van der Waals surface area contributed by atoms with Crippen LogP contribution in [0.2, 0.25) is 0 Å². The van der Waals surface area contributed by atoms with Gasteiger partial charge in [0.15, 0.2) is 5.78 Å². The molecule has 0 fully saturated rings. The van der Waals surface area contributed by atoms with E-state index in [1.54, 1.807) is 24.3 Å². The Kier molecular flexibility index (Phi) is 4.65. The fourth-order valence-electron chi connectivity index (χ4n) is 1.59. The molecule has 0 aliphatic carbocycles. The van der Waals surface area contributed by atoms with Gasteiger partial charge >= 0.3 is 0 Å². The van der Waals surface area contributed by atoms with E-state index in [-0.39, 0.29) is 17.5 Å². The number of ketones is 1. The Balaban J connectivity index is 2.89. The van der Waals surface area contributed by atoms with Gasteiger partial charge in [0, 0.05) is 11.5 Å². The molecule has 0 bridgehead atoms. The smallest absolute Gasteiger partial charge is 0.166 e. The topological polar surface area (TPSA) is 17.1 Å². The Bertz CT molecular complexity index is 385. The summed E-state index contributed by atoms with van der Waals surface area (Å²) in [5.74, 6) is -0.627. The van der Waals surface area contributed by atoms with Gasteiger partial charge in [-0.3, -0.25) is 4.79 Å². The fourth-order valence-corrected chi connectivity index (χ4v) is 1.59. The molecule has 0 radical (unpaired) electrons. The van der Waals surface area contributed by atoms with Gasteiger partial charge in [-0.25, -0.2) is 4.39 Å². The molecule has 0 amide bonds. The van der Waals surface area contributed by atoms with Crippen LogP contribution in [0.15, 0.2) is 49.6 Å². The van der Waals surface area contributed by atoms with Crippen LogP contribution in [0.4, 0.5) is 4.39 Å². The molecule has 0 aliphatic rings. The molecule has 1 aromatic rings. The van der Waals surface area contributed by atoms with Crippen LogP contribution in [0.25, 0.3) is 0 Å². The maximum Gasteiger partial charge on any atom is 0.166 e. The molecule has 0 aliphatic heterocycles. The van der Waals surface area contributed by atoms with Crippen LogP contribution in [-0.4, -0.2) is 5.78 Å². The number of rotatable bonds is 6. The summed E-state index contributed by atoms with van der Waals surface area (Å²) in [6, 6.07) is 5.76. The van der Waals surface area contributed by atoms with E-state index in [1.807, 2.05) is 0 Å². The first kappa shape index (κ1) is 12.4. The van der Waals surface area contributed by atoms with Crippen LogP contribution in [0.1, 0.15) is 23.2 Å². The average Bonchev–Trinajstić information content (AvgIpc) is 2.28. The van der Waals surface area contributed by atoms with Crippen molar-refractivity contribution in [2.24, 2.45) is 5.92 Å². The first-order valence-corrected chi connectivity index (χ1v) is 5.20. The van der Waals surface area contributed by atoms with Crippen LogP contribution in [0.5, 0.6) is 0 Å². The van der Waals surface area contributed by atoms with Crippen molar-refractivity contribution >= 4 is 5.78 Å². The molecule has 0 saturated carbocycles. The van der Waals surface area contributed by atoms with Gasteiger partial charge in [0.25, 0.3) is 0 Å². The maximum absolute atomic E-state index is 13.0. The molecular formula is C14H15FO. The zero-order valence-electron chi connectivity index (χ0n) is 9.16. The molecule has 0 atom stereocenters. The number of benzene rings is 1. The van der Waals surface area contributed by atoms with E-state index >= 15 is 0 Å². The number of carbonyl (C=O) groups is 1. The van der Waals surface area contributed by atoms with Crippen molar-refractivity contribution in [3.8, 4) is 0 Å². The average molecular weight is 218 g/mol. The molecule has 1 rings (SSSR count). The third-order valence-electron chi connectivity index (χ3n) is 2.38. The van der Waals surface area contributed by atoms with Crippen molar-refractivity contribution in [2.75, 3.05) is 0 Å². The van der Waals surface area contributed by atoms with Crippen molar-refractivity contribution in [1.29, 1.82) is 0 Å². The molecule has 2 heteroatoms. The van der Waals surface area contributed by atoms with Gasteiger partial charge in [-0.2, -0.15) is 0 Å². The zero-order valence-corrected chi connectivity index (χ0v) is 9.16. The van der Waals surface area contributed by atoms with E-state index in [9.17, 15) is 9.18 Å². The highest BCUT2D eigenvalue weighted by Gasteiger charge is 2.17. The molecule has 0 N–H and O–H groups in total. The van der Waals surface area contributed by atoms with Crippen molar-refractivity contribution in [2.45, 2.75) is 12.8 Å². The van der Waals surface area contributed by atoms with Crippen molar-refractivity contribution in [3.63, 3.8) is 0 Å². The van der Waals surface area contributed by atoms with Crippen molar-refractivity contribution < 1.29 is 9.18 Å². The van der Waals surface area contributed by atoms with Gasteiger partial charge in [0.1, 0.15) is 5.82 Å². The minimum atomic E-state index is -0.387. The van der Waals surface area contributed by atoms with Crippen LogP contribution in [0, 0.1) is 11.7 Å². The van der Waals surface area contributed by atoms with E-state index in [0.717, 1.165) is 0 Å². The molecule has 84 valence electrons. The minimum absolute atomic E-state index is 0.0562. The van der Waals surface area contributed by atoms with Gasteiger partial charge in [-0.1, -0.05) is 24.3 Å². The Morgan fingerprint density at radius 2 is 1.94 bits per heavy atom. The summed E-state index contributed by atoms with van der Waals surface area (Å²) in [4.78, 5) is 12.0. The van der Waals surface area contributed by atoms with E-state index < -0.39 is 0 Å². The van der Waals surface area contributed by atoms with Gasteiger partial charge in [-0.05, 0) is 25.0 Å². The Labute approximate surface area is 95.3 Å². The molecular weight excluding hydrogens is 203 g/mol. The highest BCUT2D eigenvalue weighted by Crippen LogP contribution is 2.17. The van der Waals surface area contributed by atoms with Crippen LogP contribution >= 0.6 is 0 Å². The molecule has 0 saturated heterocycles. The Morgan fingerprint density at radius 1 is 1.31 bits per heavy atom. The molecule has 0 aromatic heterocycles.